The number of aliphatic hydroxyl groups excluding tert-OH is 1. The number of nitrogens with one attached hydrogen (secondary N) is 2. The number of anilines is 2. The molecule has 1 aromatic heterocycles. The Kier molecular flexibility index (Phi) is 6.99. The molecule has 2 aliphatic heterocycles. The Hall–Kier alpha value is -4.07. The maximum absolute atomic E-state index is 14.8. The number of hydrogen-bond acceptors (Lipinski definition) is 8. The van der Waals surface area contributed by atoms with Crippen LogP contribution < -0.4 is 15.4 Å². The summed E-state index contributed by atoms with van der Waals surface area (Å²) < 4.78 is 20.6. The van der Waals surface area contributed by atoms with Crippen LogP contribution in [-0.2, 0) is 17.9 Å². The second-order valence-electron chi connectivity index (χ2n) is 9.22. The third-order valence-corrected chi connectivity index (χ3v) is 6.55. The zero-order chi connectivity index (χ0) is 25.9. The third kappa shape index (κ3) is 5.38. The number of fused-ring (bicyclic) bond motifs is 1. The molecule has 1 amide bonds. The van der Waals surface area contributed by atoms with Gasteiger partial charge in [-0.3, -0.25) is 4.79 Å². The molecular weight excluding hydrogens is 475 g/mol. The van der Waals surface area contributed by atoms with Gasteiger partial charge in [-0.1, -0.05) is 6.07 Å². The van der Waals surface area contributed by atoms with E-state index in [-0.39, 0.29) is 30.8 Å². The van der Waals surface area contributed by atoms with E-state index in [1.165, 1.54) is 23.0 Å². The van der Waals surface area contributed by atoms with E-state index in [9.17, 15) is 19.6 Å². The van der Waals surface area contributed by atoms with Crippen molar-refractivity contribution in [2.24, 2.45) is 0 Å². The second-order valence-corrected chi connectivity index (χ2v) is 9.22. The molecule has 37 heavy (non-hydrogen) atoms. The van der Waals surface area contributed by atoms with E-state index in [1.54, 1.807) is 30.5 Å². The molecule has 3 aromatic rings. The first kappa shape index (κ1) is 24.6. The van der Waals surface area contributed by atoms with Gasteiger partial charge in [0, 0.05) is 43.5 Å². The average molecular weight is 503 g/mol. The predicted molar refractivity (Wildman–Crippen MR) is 135 cm³/mol. The second kappa shape index (κ2) is 10.5. The fraction of sp³-hybridized carbons (Fsp3) is 0.333. The van der Waals surface area contributed by atoms with Gasteiger partial charge in [0.15, 0.2) is 12.0 Å². The summed E-state index contributed by atoms with van der Waals surface area (Å²) in [7, 11) is 0. The highest BCUT2D eigenvalue weighted by atomic mass is 19.1. The summed E-state index contributed by atoms with van der Waals surface area (Å²) in [6, 6.07) is 15.0. The first-order valence-electron chi connectivity index (χ1n) is 12.2. The lowest BCUT2D eigenvalue weighted by Gasteiger charge is -2.35. The molecule has 1 fully saturated rings. The van der Waals surface area contributed by atoms with Crippen LogP contribution in [0, 0.1) is 11.3 Å². The standard InChI is InChI=1S/C27H27FN6O3/c1-16(35)27(36)34-9-7-24(22(28)15-34)37-23-5-3-17(10-19(23)12-29)26-31-8-6-25(33-26)32-21-4-2-18-13-30-14-20(18)11-21/h2-6,8,10-11,16,22,24,30,35H,7,9,13-15H2,1H3,(H,31,32,33)/t16-,22+,24-/m0/s1. The fourth-order valence-electron chi connectivity index (χ4n) is 4.59. The molecule has 2 aromatic carbocycles. The quantitative estimate of drug-likeness (QED) is 0.470. The van der Waals surface area contributed by atoms with Gasteiger partial charge in [0.05, 0.1) is 12.1 Å². The van der Waals surface area contributed by atoms with Gasteiger partial charge in [0.2, 0.25) is 0 Å². The number of benzene rings is 2. The molecule has 0 unspecified atom stereocenters. The molecule has 190 valence electrons. The number of rotatable bonds is 6. The molecule has 3 heterocycles. The number of nitrogens with zero attached hydrogens (tertiary/aromatic N) is 4. The van der Waals surface area contributed by atoms with E-state index in [2.05, 4.69) is 38.8 Å². The van der Waals surface area contributed by atoms with Crippen molar-refractivity contribution in [3.63, 3.8) is 0 Å². The number of nitriles is 1. The Morgan fingerprint density at radius 2 is 2.11 bits per heavy atom. The molecule has 9 nitrogen and oxygen atoms in total. The van der Waals surface area contributed by atoms with Crippen LogP contribution in [0.15, 0.2) is 48.7 Å². The Morgan fingerprint density at radius 1 is 1.27 bits per heavy atom. The number of likely N-dealkylation sites (tertiary alicyclic amines) is 1. The molecule has 1 saturated heterocycles. The molecule has 0 spiro atoms. The lowest BCUT2D eigenvalue weighted by atomic mass is 10.0. The highest BCUT2D eigenvalue weighted by Gasteiger charge is 2.34. The van der Waals surface area contributed by atoms with Crippen molar-refractivity contribution in [2.45, 2.75) is 44.8 Å². The van der Waals surface area contributed by atoms with Crippen LogP contribution in [0.5, 0.6) is 5.75 Å². The van der Waals surface area contributed by atoms with Gasteiger partial charge in [-0.2, -0.15) is 5.26 Å². The fourth-order valence-corrected chi connectivity index (χ4v) is 4.59. The smallest absolute Gasteiger partial charge is 0.251 e. The first-order valence-corrected chi connectivity index (χ1v) is 12.2. The molecule has 5 rings (SSSR count). The lowest BCUT2D eigenvalue weighted by molar-refractivity contribution is -0.143. The molecule has 2 aliphatic rings. The Bertz CT molecular complexity index is 1360. The van der Waals surface area contributed by atoms with Crippen LogP contribution in [0.2, 0.25) is 0 Å². The zero-order valence-electron chi connectivity index (χ0n) is 20.3. The summed E-state index contributed by atoms with van der Waals surface area (Å²) >= 11 is 0. The van der Waals surface area contributed by atoms with E-state index in [0.717, 1.165) is 18.8 Å². The van der Waals surface area contributed by atoms with Crippen LogP contribution in [0.1, 0.15) is 30.0 Å². The van der Waals surface area contributed by atoms with Gasteiger partial charge in [-0.15, -0.1) is 0 Å². The van der Waals surface area contributed by atoms with E-state index >= 15 is 0 Å². The topological polar surface area (TPSA) is 123 Å². The van der Waals surface area contributed by atoms with E-state index in [1.807, 2.05) is 6.07 Å². The summed E-state index contributed by atoms with van der Waals surface area (Å²) in [6.45, 7) is 3.18. The molecular formula is C27H27FN6O3. The van der Waals surface area contributed by atoms with Crippen molar-refractivity contribution >= 4 is 17.4 Å². The number of piperidine rings is 1. The average Bonchev–Trinajstić information content (AvgIpc) is 3.37. The maximum atomic E-state index is 14.8. The van der Waals surface area contributed by atoms with E-state index in [4.69, 9.17) is 4.74 Å². The third-order valence-electron chi connectivity index (χ3n) is 6.55. The highest BCUT2D eigenvalue weighted by molar-refractivity contribution is 5.80. The number of carbonyl (C=O) groups excluding carboxylic acids is 1. The molecule has 0 aliphatic carbocycles. The minimum atomic E-state index is -1.44. The Balaban J connectivity index is 1.29. The normalized spacial score (nSPS) is 19.6. The molecule has 3 atom stereocenters. The van der Waals surface area contributed by atoms with Crippen LogP contribution in [0.25, 0.3) is 11.4 Å². The Labute approximate surface area is 213 Å². The van der Waals surface area contributed by atoms with Crippen LogP contribution >= 0.6 is 0 Å². The largest absolute Gasteiger partial charge is 0.486 e. The minimum Gasteiger partial charge on any atom is -0.486 e. The van der Waals surface area contributed by atoms with Crippen molar-refractivity contribution in [2.75, 3.05) is 18.4 Å². The van der Waals surface area contributed by atoms with Crippen molar-refractivity contribution in [3.8, 4) is 23.2 Å². The van der Waals surface area contributed by atoms with Gasteiger partial charge >= 0.3 is 0 Å². The number of ether oxygens (including phenoxy) is 1. The molecule has 3 N–H and O–H groups in total. The van der Waals surface area contributed by atoms with Gasteiger partial charge in [-0.05, 0) is 54.4 Å². The molecule has 0 saturated carbocycles. The summed E-state index contributed by atoms with van der Waals surface area (Å²) in [5.74, 6) is 0.806. The number of carbonyl (C=O) groups is 1. The van der Waals surface area contributed by atoms with Gasteiger partial charge in [0.1, 0.15) is 29.8 Å². The van der Waals surface area contributed by atoms with Crippen molar-refractivity contribution in [1.29, 1.82) is 5.26 Å². The van der Waals surface area contributed by atoms with Gasteiger partial charge in [-0.25, -0.2) is 14.4 Å². The number of amides is 1. The predicted octanol–water partition coefficient (Wildman–Crippen LogP) is 3.06. The van der Waals surface area contributed by atoms with E-state index < -0.39 is 24.3 Å². The molecule has 0 radical (unpaired) electrons. The van der Waals surface area contributed by atoms with Crippen molar-refractivity contribution < 1.29 is 19.0 Å². The molecule has 0 bridgehead atoms. The number of halogens is 1. The first-order chi connectivity index (χ1) is 17.9. The SMILES string of the molecule is C[C@H](O)C(=O)N1CC[C@H](Oc2ccc(-c3nccc(Nc4ccc5c(c4)CNC5)n3)cc2C#N)[C@H](F)C1. The summed E-state index contributed by atoms with van der Waals surface area (Å²) in [6.07, 6.45) is -1.52. The van der Waals surface area contributed by atoms with Gasteiger partial charge in [0.25, 0.3) is 5.91 Å². The maximum Gasteiger partial charge on any atom is 0.251 e. The summed E-state index contributed by atoms with van der Waals surface area (Å²) in [4.78, 5) is 22.2. The van der Waals surface area contributed by atoms with Crippen LogP contribution in [0.4, 0.5) is 15.9 Å². The molecule has 10 heteroatoms. The van der Waals surface area contributed by atoms with Crippen molar-refractivity contribution in [3.05, 3.63) is 65.4 Å². The zero-order valence-corrected chi connectivity index (χ0v) is 20.3. The van der Waals surface area contributed by atoms with Crippen molar-refractivity contribution in [1.82, 2.24) is 20.2 Å². The number of hydrogen-bond donors (Lipinski definition) is 3. The highest BCUT2D eigenvalue weighted by Crippen LogP contribution is 2.29. The summed E-state index contributed by atoms with van der Waals surface area (Å²) in [5, 5.41) is 25.8. The number of aliphatic hydroxyl groups is 1. The number of alkyl halides is 1. The van der Waals surface area contributed by atoms with Crippen LogP contribution in [-0.4, -0.2) is 57.4 Å². The number of aromatic nitrogens is 2. The monoisotopic (exact) mass is 502 g/mol. The minimum absolute atomic E-state index is 0.164. The van der Waals surface area contributed by atoms with E-state index in [0.29, 0.717) is 17.2 Å². The van der Waals surface area contributed by atoms with Gasteiger partial charge < -0.3 is 25.4 Å². The Morgan fingerprint density at radius 3 is 2.89 bits per heavy atom. The lowest BCUT2D eigenvalue weighted by Crippen LogP contribution is -2.51. The summed E-state index contributed by atoms with van der Waals surface area (Å²) in [5.41, 5.74) is 4.33. The van der Waals surface area contributed by atoms with Crippen LogP contribution in [0.3, 0.4) is 0 Å².